The molecule has 0 radical (unpaired) electrons. The Morgan fingerprint density at radius 1 is 1.50 bits per heavy atom. The topological polar surface area (TPSA) is 29.5 Å². The number of rotatable bonds is 5. The summed E-state index contributed by atoms with van der Waals surface area (Å²) in [4.78, 5) is 0. The highest BCUT2D eigenvalue weighted by atomic mass is 35.5. The normalized spacial score (nSPS) is 10.2. The van der Waals surface area contributed by atoms with Crippen LogP contribution in [0.4, 0.5) is 0 Å². The van der Waals surface area contributed by atoms with Crippen molar-refractivity contribution in [2.75, 3.05) is 18.6 Å². The smallest absolute Gasteiger partial charge is 0.143 e. The van der Waals surface area contributed by atoms with Crippen molar-refractivity contribution >= 4 is 23.4 Å². The lowest BCUT2D eigenvalue weighted by atomic mass is 10.2. The molecule has 0 heterocycles. The Labute approximate surface area is 93.2 Å². The lowest BCUT2D eigenvalue weighted by Gasteiger charge is -2.10. The quantitative estimate of drug-likeness (QED) is 0.792. The molecule has 78 valence electrons. The molecule has 1 rings (SSSR count). The number of para-hydroxylation sites is 1. The number of thioether (sulfide) groups is 1. The molecule has 0 saturated heterocycles. The Morgan fingerprint density at radius 3 is 2.93 bits per heavy atom. The van der Waals surface area contributed by atoms with Crippen LogP contribution in [0.25, 0.3) is 0 Å². The van der Waals surface area contributed by atoms with Gasteiger partial charge in [-0.25, -0.2) is 0 Å². The van der Waals surface area contributed by atoms with E-state index in [1.54, 1.807) is 30.0 Å². The van der Waals surface area contributed by atoms with Crippen LogP contribution in [0.1, 0.15) is 5.56 Å². The maximum atomic E-state index is 9.06. The molecule has 0 aliphatic rings. The number of aliphatic hydroxyl groups is 1. The molecule has 14 heavy (non-hydrogen) atoms. The molecule has 0 amide bonds. The third-order valence-electron chi connectivity index (χ3n) is 1.75. The molecule has 0 aliphatic carbocycles. The number of halogens is 1. The molecule has 4 heteroatoms. The highest BCUT2D eigenvalue weighted by molar-refractivity contribution is 7.98. The van der Waals surface area contributed by atoms with Gasteiger partial charge in [-0.15, -0.1) is 0 Å². The molecular weight excluding hydrogens is 220 g/mol. The number of benzene rings is 1. The van der Waals surface area contributed by atoms with Crippen molar-refractivity contribution in [3.63, 3.8) is 0 Å². The molecule has 0 aliphatic heterocycles. The zero-order chi connectivity index (χ0) is 10.4. The molecular formula is C10H13ClO2S. The van der Waals surface area contributed by atoms with Crippen LogP contribution in [-0.2, 0) is 6.61 Å². The van der Waals surface area contributed by atoms with Gasteiger partial charge in [0.2, 0.25) is 0 Å². The van der Waals surface area contributed by atoms with Gasteiger partial charge in [0, 0.05) is 11.3 Å². The molecule has 1 aromatic carbocycles. The summed E-state index contributed by atoms with van der Waals surface area (Å²) in [6.07, 6.45) is 2.02. The zero-order valence-electron chi connectivity index (χ0n) is 8.00. The first kappa shape index (κ1) is 11.7. The van der Waals surface area contributed by atoms with Crippen LogP contribution in [0.5, 0.6) is 5.75 Å². The standard InChI is InChI=1S/C10H13ClO2S/c1-14-6-5-13-10-8(7-12)3-2-4-9(10)11/h2-4,12H,5-7H2,1H3. The van der Waals surface area contributed by atoms with Crippen LogP contribution >= 0.6 is 23.4 Å². The van der Waals surface area contributed by atoms with E-state index in [1.165, 1.54) is 0 Å². The molecule has 1 N–H and O–H groups in total. The fourth-order valence-electron chi connectivity index (χ4n) is 1.07. The Morgan fingerprint density at radius 2 is 2.29 bits per heavy atom. The fourth-order valence-corrected chi connectivity index (χ4v) is 1.57. The van der Waals surface area contributed by atoms with Crippen LogP contribution in [-0.4, -0.2) is 23.7 Å². The van der Waals surface area contributed by atoms with Gasteiger partial charge in [-0.3, -0.25) is 0 Å². The monoisotopic (exact) mass is 232 g/mol. The zero-order valence-corrected chi connectivity index (χ0v) is 9.57. The second-order valence-corrected chi connectivity index (χ2v) is 4.12. The lowest BCUT2D eigenvalue weighted by molar-refractivity contribution is 0.267. The van der Waals surface area contributed by atoms with Gasteiger partial charge in [0.05, 0.1) is 18.2 Å². The largest absolute Gasteiger partial charge is 0.491 e. The Bertz CT molecular complexity index is 291. The van der Waals surface area contributed by atoms with E-state index in [9.17, 15) is 0 Å². The number of ether oxygens (including phenoxy) is 1. The molecule has 0 unspecified atom stereocenters. The van der Waals surface area contributed by atoms with Crippen molar-refractivity contribution in [3.05, 3.63) is 28.8 Å². The molecule has 0 fully saturated rings. The Kier molecular flexibility index (Phi) is 5.15. The first-order valence-electron chi connectivity index (χ1n) is 4.29. The Hall–Kier alpha value is -0.380. The summed E-state index contributed by atoms with van der Waals surface area (Å²) in [6.45, 7) is 0.563. The molecule has 0 atom stereocenters. The van der Waals surface area contributed by atoms with E-state index in [4.69, 9.17) is 21.4 Å². The van der Waals surface area contributed by atoms with Gasteiger partial charge in [0.25, 0.3) is 0 Å². The summed E-state index contributed by atoms with van der Waals surface area (Å²) in [5.41, 5.74) is 0.735. The second kappa shape index (κ2) is 6.17. The first-order valence-corrected chi connectivity index (χ1v) is 6.06. The molecule has 0 bridgehead atoms. The predicted molar refractivity (Wildman–Crippen MR) is 61.3 cm³/mol. The molecule has 0 saturated carbocycles. The maximum Gasteiger partial charge on any atom is 0.143 e. The minimum absolute atomic E-state index is 0.0465. The van der Waals surface area contributed by atoms with Crippen molar-refractivity contribution in [2.45, 2.75) is 6.61 Å². The van der Waals surface area contributed by atoms with E-state index in [-0.39, 0.29) is 6.61 Å². The fraction of sp³-hybridized carbons (Fsp3) is 0.400. The van der Waals surface area contributed by atoms with Crippen molar-refractivity contribution in [3.8, 4) is 5.75 Å². The third kappa shape index (κ3) is 3.08. The molecule has 0 aromatic heterocycles. The Balaban J connectivity index is 2.72. The maximum absolute atomic E-state index is 9.06. The van der Waals surface area contributed by atoms with Crippen LogP contribution < -0.4 is 4.74 Å². The van der Waals surface area contributed by atoms with E-state index in [1.807, 2.05) is 6.26 Å². The van der Waals surface area contributed by atoms with Gasteiger partial charge >= 0.3 is 0 Å². The van der Waals surface area contributed by atoms with Gasteiger partial charge in [-0.2, -0.15) is 11.8 Å². The number of hydrogen-bond donors (Lipinski definition) is 1. The van der Waals surface area contributed by atoms with Crippen molar-refractivity contribution < 1.29 is 9.84 Å². The molecule has 0 spiro atoms. The minimum Gasteiger partial charge on any atom is -0.491 e. The van der Waals surface area contributed by atoms with Crippen LogP contribution in [0.2, 0.25) is 5.02 Å². The van der Waals surface area contributed by atoms with Crippen molar-refractivity contribution in [1.82, 2.24) is 0 Å². The number of aliphatic hydroxyl groups excluding tert-OH is 1. The summed E-state index contributed by atoms with van der Waals surface area (Å²) in [5.74, 6) is 1.52. The minimum atomic E-state index is -0.0465. The van der Waals surface area contributed by atoms with E-state index in [2.05, 4.69) is 0 Å². The van der Waals surface area contributed by atoms with Gasteiger partial charge in [-0.05, 0) is 12.3 Å². The van der Waals surface area contributed by atoms with E-state index < -0.39 is 0 Å². The third-order valence-corrected chi connectivity index (χ3v) is 2.63. The van der Waals surface area contributed by atoms with Crippen LogP contribution in [0.3, 0.4) is 0 Å². The summed E-state index contributed by atoms with van der Waals surface area (Å²) in [6, 6.07) is 5.37. The second-order valence-electron chi connectivity index (χ2n) is 2.73. The van der Waals surface area contributed by atoms with Crippen LogP contribution in [0.15, 0.2) is 18.2 Å². The molecule has 1 aromatic rings. The molecule has 2 nitrogen and oxygen atoms in total. The highest BCUT2D eigenvalue weighted by Gasteiger charge is 2.06. The number of hydrogen-bond acceptors (Lipinski definition) is 3. The average molecular weight is 233 g/mol. The highest BCUT2D eigenvalue weighted by Crippen LogP contribution is 2.28. The van der Waals surface area contributed by atoms with Gasteiger partial charge < -0.3 is 9.84 Å². The average Bonchev–Trinajstić information content (AvgIpc) is 2.20. The van der Waals surface area contributed by atoms with Crippen LogP contribution in [0, 0.1) is 0 Å². The first-order chi connectivity index (χ1) is 6.79. The van der Waals surface area contributed by atoms with Gasteiger partial charge in [0.1, 0.15) is 5.75 Å². The van der Waals surface area contributed by atoms with E-state index in [0.29, 0.717) is 17.4 Å². The SMILES string of the molecule is CSCCOc1c(Cl)cccc1CO. The lowest BCUT2D eigenvalue weighted by Crippen LogP contribution is -2.02. The summed E-state index contributed by atoms with van der Waals surface area (Å²) in [5, 5.41) is 9.61. The van der Waals surface area contributed by atoms with Crippen molar-refractivity contribution in [2.24, 2.45) is 0 Å². The summed E-state index contributed by atoms with van der Waals surface area (Å²) < 4.78 is 5.49. The van der Waals surface area contributed by atoms with Gasteiger partial charge in [-0.1, -0.05) is 23.7 Å². The van der Waals surface area contributed by atoms with E-state index >= 15 is 0 Å². The predicted octanol–water partition coefficient (Wildman–Crippen LogP) is 2.57. The van der Waals surface area contributed by atoms with Crippen molar-refractivity contribution in [1.29, 1.82) is 0 Å². The van der Waals surface area contributed by atoms with Gasteiger partial charge in [0.15, 0.2) is 0 Å². The summed E-state index contributed by atoms with van der Waals surface area (Å²) >= 11 is 7.65. The van der Waals surface area contributed by atoms with E-state index in [0.717, 1.165) is 11.3 Å². The summed E-state index contributed by atoms with van der Waals surface area (Å²) in [7, 11) is 0.